The van der Waals surface area contributed by atoms with E-state index in [9.17, 15) is 22.0 Å². The van der Waals surface area contributed by atoms with Gasteiger partial charge in [0.15, 0.2) is 0 Å². The Hall–Kier alpha value is -1.37. The zero-order valence-corrected chi connectivity index (χ0v) is 8.60. The van der Waals surface area contributed by atoms with Crippen molar-refractivity contribution in [2.45, 2.75) is 19.3 Å². The largest absolute Gasteiger partial charge is 0.573 e. The predicted molar refractivity (Wildman–Crippen MR) is 50.8 cm³/mol. The molecule has 96 valence electrons. The molecule has 0 aromatic heterocycles. The van der Waals surface area contributed by atoms with Crippen LogP contribution in [0.4, 0.5) is 22.0 Å². The van der Waals surface area contributed by atoms with Crippen LogP contribution in [0.3, 0.4) is 0 Å². The van der Waals surface area contributed by atoms with E-state index in [1.54, 1.807) is 0 Å². The van der Waals surface area contributed by atoms with Crippen molar-refractivity contribution in [3.63, 3.8) is 0 Å². The van der Waals surface area contributed by atoms with Crippen LogP contribution in [-0.4, -0.2) is 19.3 Å². The number of hydrogen-bond acceptors (Lipinski definition) is 2. The van der Waals surface area contributed by atoms with Crippen LogP contribution in [0.5, 0.6) is 5.75 Å². The van der Waals surface area contributed by atoms with E-state index in [4.69, 9.17) is 0 Å². The molecule has 0 fully saturated rings. The highest BCUT2D eigenvalue weighted by atomic mass is 19.4. The van der Waals surface area contributed by atoms with E-state index in [2.05, 4.69) is 10.1 Å². The molecule has 0 aliphatic heterocycles. The first-order chi connectivity index (χ1) is 7.87. The lowest BCUT2D eigenvalue weighted by atomic mass is 10.2. The topological polar surface area (TPSA) is 21.3 Å². The Bertz CT molecular complexity index is 336. The fraction of sp³-hybridized carbons (Fsp3) is 0.400. The summed E-state index contributed by atoms with van der Waals surface area (Å²) >= 11 is 0. The summed E-state index contributed by atoms with van der Waals surface area (Å²) in [6.45, 7) is -0.294. The standard InChI is InChI=1S/C10H10F5NO/c11-9(12)6-16-5-7-1-3-8(4-2-7)17-10(13,14)15/h1-4,9,16H,5-6H2. The summed E-state index contributed by atoms with van der Waals surface area (Å²) in [5.41, 5.74) is 0.597. The molecule has 0 radical (unpaired) electrons. The maximum atomic E-state index is 11.8. The summed E-state index contributed by atoms with van der Waals surface area (Å²) in [4.78, 5) is 0. The summed E-state index contributed by atoms with van der Waals surface area (Å²) in [6.07, 6.45) is -7.18. The first kappa shape index (κ1) is 13.7. The summed E-state index contributed by atoms with van der Waals surface area (Å²) < 4.78 is 62.7. The van der Waals surface area contributed by atoms with E-state index in [0.29, 0.717) is 5.56 Å². The second-order valence-corrected chi connectivity index (χ2v) is 3.21. The first-order valence-electron chi connectivity index (χ1n) is 4.70. The molecule has 0 saturated carbocycles. The third kappa shape index (κ3) is 6.06. The van der Waals surface area contributed by atoms with Gasteiger partial charge >= 0.3 is 6.36 Å². The third-order valence-electron chi connectivity index (χ3n) is 1.78. The van der Waals surface area contributed by atoms with E-state index in [0.717, 1.165) is 12.1 Å². The van der Waals surface area contributed by atoms with E-state index in [1.807, 2.05) is 0 Å². The van der Waals surface area contributed by atoms with Crippen molar-refractivity contribution >= 4 is 0 Å². The lowest BCUT2D eigenvalue weighted by Gasteiger charge is -2.09. The van der Waals surface area contributed by atoms with Crippen molar-refractivity contribution in [3.05, 3.63) is 29.8 Å². The van der Waals surface area contributed by atoms with Gasteiger partial charge < -0.3 is 10.1 Å². The molecule has 17 heavy (non-hydrogen) atoms. The lowest BCUT2D eigenvalue weighted by molar-refractivity contribution is -0.274. The summed E-state index contributed by atoms with van der Waals surface area (Å²) in [5, 5.41) is 2.46. The maximum absolute atomic E-state index is 11.8. The Morgan fingerprint density at radius 3 is 2.18 bits per heavy atom. The number of hydrogen-bond donors (Lipinski definition) is 1. The van der Waals surface area contributed by atoms with Crippen LogP contribution in [0.2, 0.25) is 0 Å². The first-order valence-corrected chi connectivity index (χ1v) is 4.70. The van der Waals surface area contributed by atoms with Gasteiger partial charge in [0.2, 0.25) is 0 Å². The van der Waals surface area contributed by atoms with Gasteiger partial charge in [-0.15, -0.1) is 13.2 Å². The van der Waals surface area contributed by atoms with Crippen molar-refractivity contribution in [1.82, 2.24) is 5.32 Å². The number of halogens is 5. The van der Waals surface area contributed by atoms with Gasteiger partial charge in [-0.1, -0.05) is 12.1 Å². The smallest absolute Gasteiger partial charge is 0.406 e. The summed E-state index contributed by atoms with van der Waals surface area (Å²) in [5.74, 6) is -0.338. The van der Waals surface area contributed by atoms with Gasteiger partial charge in [-0.05, 0) is 17.7 Å². The van der Waals surface area contributed by atoms with Crippen LogP contribution in [0.1, 0.15) is 5.56 Å². The number of rotatable bonds is 5. The van der Waals surface area contributed by atoms with Crippen molar-refractivity contribution in [2.24, 2.45) is 0 Å². The molecule has 0 spiro atoms. The fourth-order valence-corrected chi connectivity index (χ4v) is 1.13. The molecule has 0 bridgehead atoms. The lowest BCUT2D eigenvalue weighted by Crippen LogP contribution is -2.20. The highest BCUT2D eigenvalue weighted by molar-refractivity contribution is 5.27. The molecule has 1 aromatic rings. The van der Waals surface area contributed by atoms with Crippen molar-refractivity contribution in [1.29, 1.82) is 0 Å². The molecule has 1 N–H and O–H groups in total. The molecule has 0 aliphatic carbocycles. The van der Waals surface area contributed by atoms with Crippen molar-refractivity contribution in [2.75, 3.05) is 6.54 Å². The van der Waals surface area contributed by atoms with Crippen LogP contribution in [-0.2, 0) is 6.54 Å². The second-order valence-electron chi connectivity index (χ2n) is 3.21. The molecule has 7 heteroatoms. The Morgan fingerprint density at radius 2 is 1.71 bits per heavy atom. The molecule has 0 amide bonds. The highest BCUT2D eigenvalue weighted by Crippen LogP contribution is 2.22. The minimum Gasteiger partial charge on any atom is -0.406 e. The van der Waals surface area contributed by atoms with Crippen molar-refractivity contribution in [3.8, 4) is 5.75 Å². The third-order valence-corrected chi connectivity index (χ3v) is 1.78. The van der Waals surface area contributed by atoms with E-state index < -0.39 is 19.3 Å². The average molecular weight is 255 g/mol. The van der Waals surface area contributed by atoms with Gasteiger partial charge in [0.1, 0.15) is 5.75 Å². The van der Waals surface area contributed by atoms with Gasteiger partial charge in [-0.25, -0.2) is 8.78 Å². The second kappa shape index (κ2) is 5.81. The van der Waals surface area contributed by atoms with E-state index in [-0.39, 0.29) is 12.3 Å². The molecule has 1 rings (SSSR count). The van der Waals surface area contributed by atoms with Crippen LogP contribution >= 0.6 is 0 Å². The quantitative estimate of drug-likeness (QED) is 0.817. The SMILES string of the molecule is FC(F)CNCc1ccc(OC(F)(F)F)cc1. The molecule has 0 saturated heterocycles. The van der Waals surface area contributed by atoms with Crippen LogP contribution in [0.15, 0.2) is 24.3 Å². The minimum atomic E-state index is -4.73. The molecule has 0 unspecified atom stereocenters. The maximum Gasteiger partial charge on any atom is 0.573 e. The van der Waals surface area contributed by atoms with Crippen LogP contribution in [0, 0.1) is 0 Å². The predicted octanol–water partition coefficient (Wildman–Crippen LogP) is 2.94. The minimum absolute atomic E-state index is 0.163. The monoisotopic (exact) mass is 255 g/mol. The zero-order chi connectivity index (χ0) is 12.9. The number of benzene rings is 1. The molecule has 0 atom stereocenters. The molecule has 1 aromatic carbocycles. The van der Waals surface area contributed by atoms with E-state index >= 15 is 0 Å². The molecular weight excluding hydrogens is 245 g/mol. The van der Waals surface area contributed by atoms with Gasteiger partial charge in [0.05, 0.1) is 6.54 Å². The fourth-order valence-electron chi connectivity index (χ4n) is 1.13. The number of alkyl halides is 5. The molecule has 0 heterocycles. The Labute approximate surface area is 94.4 Å². The Balaban J connectivity index is 2.45. The van der Waals surface area contributed by atoms with Gasteiger partial charge in [0, 0.05) is 6.54 Å². The van der Waals surface area contributed by atoms with Crippen molar-refractivity contribution < 1.29 is 26.7 Å². The van der Waals surface area contributed by atoms with Gasteiger partial charge in [-0.3, -0.25) is 0 Å². The van der Waals surface area contributed by atoms with Gasteiger partial charge in [0.25, 0.3) is 6.43 Å². The van der Waals surface area contributed by atoms with E-state index in [1.165, 1.54) is 12.1 Å². The molecular formula is C10H10F5NO. The summed E-state index contributed by atoms with van der Waals surface area (Å²) in [6, 6.07) is 5.01. The normalized spacial score (nSPS) is 11.9. The Kier molecular flexibility index (Phi) is 4.68. The number of ether oxygens (including phenoxy) is 1. The average Bonchev–Trinajstić information content (AvgIpc) is 2.18. The number of nitrogens with one attached hydrogen (secondary N) is 1. The Morgan fingerprint density at radius 1 is 1.12 bits per heavy atom. The highest BCUT2D eigenvalue weighted by Gasteiger charge is 2.30. The van der Waals surface area contributed by atoms with Gasteiger partial charge in [-0.2, -0.15) is 0 Å². The van der Waals surface area contributed by atoms with Crippen LogP contribution < -0.4 is 10.1 Å². The van der Waals surface area contributed by atoms with Crippen LogP contribution in [0.25, 0.3) is 0 Å². The molecule has 0 aliphatic rings. The molecule has 2 nitrogen and oxygen atoms in total. The zero-order valence-electron chi connectivity index (χ0n) is 8.60. The summed E-state index contributed by atoms with van der Waals surface area (Å²) in [7, 11) is 0.